The van der Waals surface area contributed by atoms with Gasteiger partial charge in [0.1, 0.15) is 0 Å². The van der Waals surface area contributed by atoms with E-state index in [1.165, 1.54) is 0 Å². The highest BCUT2D eigenvalue weighted by molar-refractivity contribution is 5.79. The molecule has 0 rings (SSSR count). The Labute approximate surface area is 135 Å². The summed E-state index contributed by atoms with van der Waals surface area (Å²) in [4.78, 5) is 22.9. The molecule has 0 saturated heterocycles. The van der Waals surface area contributed by atoms with Crippen LogP contribution in [0.25, 0.3) is 0 Å². The van der Waals surface area contributed by atoms with E-state index in [1.807, 2.05) is 0 Å². The van der Waals surface area contributed by atoms with Crippen LogP contribution < -0.4 is 0 Å². The van der Waals surface area contributed by atoms with Crippen molar-refractivity contribution in [1.82, 2.24) is 0 Å². The molecule has 22 heavy (non-hydrogen) atoms. The molecule has 0 radical (unpaired) electrons. The Bertz CT molecular complexity index is 271. The van der Waals surface area contributed by atoms with Crippen molar-refractivity contribution in [3.63, 3.8) is 0 Å². The number of carboxylic acid groups (broad SMARTS) is 2. The summed E-state index contributed by atoms with van der Waals surface area (Å²) in [6.07, 6.45) is 11.5. The van der Waals surface area contributed by atoms with Crippen LogP contribution in [0.2, 0.25) is 0 Å². The number of unbranched alkanes of at least 4 members (excludes halogenated alkanes) is 8. The molecule has 4 nitrogen and oxygen atoms in total. The second-order valence-corrected chi connectivity index (χ2v) is 6.30. The van der Waals surface area contributed by atoms with Gasteiger partial charge < -0.3 is 10.2 Å². The first-order valence-corrected chi connectivity index (χ1v) is 9.00. The minimum atomic E-state index is -0.948. The molecule has 0 amide bonds. The summed E-state index contributed by atoms with van der Waals surface area (Å²) in [5.74, 6) is -3.36. The average molecular weight is 314 g/mol. The molecule has 0 aromatic heterocycles. The highest BCUT2D eigenvalue weighted by Crippen LogP contribution is 2.26. The van der Waals surface area contributed by atoms with E-state index >= 15 is 0 Å². The van der Waals surface area contributed by atoms with Crippen molar-refractivity contribution < 1.29 is 19.8 Å². The van der Waals surface area contributed by atoms with Gasteiger partial charge in [0.2, 0.25) is 0 Å². The van der Waals surface area contributed by atoms with E-state index in [4.69, 9.17) is 0 Å². The maximum Gasteiger partial charge on any atom is 0.307 e. The highest BCUT2D eigenvalue weighted by Gasteiger charge is 2.32. The summed E-state index contributed by atoms with van der Waals surface area (Å²) >= 11 is 0. The molecular weight excluding hydrogens is 280 g/mol. The maximum absolute atomic E-state index is 11.4. The third-order valence-corrected chi connectivity index (χ3v) is 4.36. The summed E-state index contributed by atoms with van der Waals surface area (Å²) in [7, 11) is 0. The van der Waals surface area contributed by atoms with Crippen molar-refractivity contribution in [2.45, 2.75) is 90.9 Å². The van der Waals surface area contributed by atoms with Gasteiger partial charge in [-0.3, -0.25) is 9.59 Å². The molecule has 0 fully saturated rings. The highest BCUT2D eigenvalue weighted by atomic mass is 16.4. The molecule has 0 saturated carbocycles. The van der Waals surface area contributed by atoms with Crippen LogP contribution in [-0.2, 0) is 9.59 Å². The fraction of sp³-hybridized carbons (Fsp3) is 0.889. The van der Waals surface area contributed by atoms with E-state index in [2.05, 4.69) is 13.8 Å². The van der Waals surface area contributed by atoms with E-state index < -0.39 is 23.8 Å². The largest absolute Gasteiger partial charge is 0.481 e. The first-order valence-electron chi connectivity index (χ1n) is 9.00. The number of aliphatic carboxylic acids is 2. The van der Waals surface area contributed by atoms with Crippen LogP contribution in [0.15, 0.2) is 0 Å². The molecule has 0 aromatic carbocycles. The smallest absolute Gasteiger partial charge is 0.307 e. The van der Waals surface area contributed by atoms with E-state index in [1.54, 1.807) is 0 Å². The number of hydrogen-bond acceptors (Lipinski definition) is 2. The van der Waals surface area contributed by atoms with Gasteiger partial charge in [0.25, 0.3) is 0 Å². The SMILES string of the molecule is CCCCCCCC(C(=O)O)C(CCCCCCC)C(=O)O. The average Bonchev–Trinajstić information content (AvgIpc) is 2.47. The number of carbonyl (C=O) groups is 2. The first kappa shape index (κ1) is 20.9. The van der Waals surface area contributed by atoms with E-state index in [-0.39, 0.29) is 0 Å². The summed E-state index contributed by atoms with van der Waals surface area (Å²) < 4.78 is 0. The summed E-state index contributed by atoms with van der Waals surface area (Å²) in [5.41, 5.74) is 0. The van der Waals surface area contributed by atoms with Crippen LogP contribution in [-0.4, -0.2) is 22.2 Å². The quantitative estimate of drug-likeness (QED) is 0.412. The molecule has 4 heteroatoms. The van der Waals surface area contributed by atoms with Crippen molar-refractivity contribution in [1.29, 1.82) is 0 Å². The number of rotatable bonds is 15. The summed E-state index contributed by atoms with van der Waals surface area (Å²) in [5, 5.41) is 18.7. The standard InChI is InChI=1S/C18H34O4/c1-3-5-7-9-11-13-15(17(19)20)16(18(21)22)14-12-10-8-6-4-2/h15-16H,3-14H2,1-2H3,(H,19,20)(H,21,22). The van der Waals surface area contributed by atoms with Gasteiger partial charge >= 0.3 is 11.9 Å². The van der Waals surface area contributed by atoms with Crippen LogP contribution in [0.4, 0.5) is 0 Å². The Morgan fingerprint density at radius 3 is 1.23 bits per heavy atom. The van der Waals surface area contributed by atoms with E-state index in [0.717, 1.165) is 64.2 Å². The third-order valence-electron chi connectivity index (χ3n) is 4.36. The monoisotopic (exact) mass is 314 g/mol. The molecule has 2 atom stereocenters. The molecule has 0 aromatic rings. The van der Waals surface area contributed by atoms with Crippen molar-refractivity contribution in [3.05, 3.63) is 0 Å². The molecule has 0 aliphatic heterocycles. The normalized spacial score (nSPS) is 13.7. The lowest BCUT2D eigenvalue weighted by Gasteiger charge is -2.20. The van der Waals surface area contributed by atoms with Gasteiger partial charge in [0, 0.05) is 0 Å². The molecular formula is C18H34O4. The van der Waals surface area contributed by atoms with Crippen molar-refractivity contribution in [2.75, 3.05) is 0 Å². The molecule has 0 aliphatic carbocycles. The van der Waals surface area contributed by atoms with Gasteiger partial charge in [-0.05, 0) is 12.8 Å². The lowest BCUT2D eigenvalue weighted by molar-refractivity contribution is -0.154. The molecule has 0 heterocycles. The van der Waals surface area contributed by atoms with Crippen LogP contribution in [0.5, 0.6) is 0 Å². The molecule has 0 bridgehead atoms. The van der Waals surface area contributed by atoms with E-state index in [9.17, 15) is 19.8 Å². The molecule has 2 N–H and O–H groups in total. The van der Waals surface area contributed by atoms with Gasteiger partial charge in [-0.15, -0.1) is 0 Å². The summed E-state index contributed by atoms with van der Waals surface area (Å²) in [6, 6.07) is 0. The Morgan fingerprint density at radius 2 is 0.955 bits per heavy atom. The van der Waals surface area contributed by atoms with Gasteiger partial charge in [-0.25, -0.2) is 0 Å². The Balaban J connectivity index is 4.29. The van der Waals surface area contributed by atoms with Crippen LogP contribution in [0.3, 0.4) is 0 Å². The Hall–Kier alpha value is -1.06. The molecule has 0 spiro atoms. The topological polar surface area (TPSA) is 74.6 Å². The minimum absolute atomic E-state index is 0.491. The fourth-order valence-corrected chi connectivity index (χ4v) is 2.93. The Kier molecular flexibility index (Phi) is 12.9. The van der Waals surface area contributed by atoms with Gasteiger partial charge in [-0.2, -0.15) is 0 Å². The zero-order chi connectivity index (χ0) is 16.8. The second-order valence-electron chi connectivity index (χ2n) is 6.30. The zero-order valence-electron chi connectivity index (χ0n) is 14.4. The molecule has 130 valence electrons. The number of hydrogen-bond donors (Lipinski definition) is 2. The molecule has 0 aliphatic rings. The van der Waals surface area contributed by atoms with Crippen LogP contribution in [0, 0.1) is 11.8 Å². The lowest BCUT2D eigenvalue weighted by Crippen LogP contribution is -2.30. The van der Waals surface area contributed by atoms with Crippen LogP contribution >= 0.6 is 0 Å². The fourth-order valence-electron chi connectivity index (χ4n) is 2.93. The third kappa shape index (κ3) is 9.80. The first-order chi connectivity index (χ1) is 10.5. The predicted molar refractivity (Wildman–Crippen MR) is 89.0 cm³/mol. The Morgan fingerprint density at radius 1 is 0.636 bits per heavy atom. The lowest BCUT2D eigenvalue weighted by atomic mass is 9.84. The van der Waals surface area contributed by atoms with Gasteiger partial charge in [-0.1, -0.05) is 78.1 Å². The van der Waals surface area contributed by atoms with Crippen molar-refractivity contribution in [3.8, 4) is 0 Å². The minimum Gasteiger partial charge on any atom is -0.481 e. The maximum atomic E-state index is 11.4. The molecule has 2 unspecified atom stereocenters. The van der Waals surface area contributed by atoms with E-state index in [0.29, 0.717) is 12.8 Å². The predicted octanol–water partition coefficient (Wildman–Crippen LogP) is 5.11. The van der Waals surface area contributed by atoms with Crippen molar-refractivity contribution >= 4 is 11.9 Å². The van der Waals surface area contributed by atoms with Gasteiger partial charge in [0.15, 0.2) is 0 Å². The second kappa shape index (κ2) is 13.6. The number of carboxylic acids is 2. The van der Waals surface area contributed by atoms with Gasteiger partial charge in [0.05, 0.1) is 11.8 Å². The van der Waals surface area contributed by atoms with Crippen molar-refractivity contribution in [2.24, 2.45) is 11.8 Å². The van der Waals surface area contributed by atoms with Crippen LogP contribution in [0.1, 0.15) is 90.9 Å². The summed E-state index contributed by atoms with van der Waals surface area (Å²) in [6.45, 7) is 4.28. The zero-order valence-corrected chi connectivity index (χ0v) is 14.4.